The van der Waals surface area contributed by atoms with Crippen LogP contribution in [-0.4, -0.2) is 9.97 Å². The van der Waals surface area contributed by atoms with Gasteiger partial charge in [-0.05, 0) is 92.0 Å². The van der Waals surface area contributed by atoms with Crippen LogP contribution in [0.15, 0.2) is 231 Å². The molecule has 0 N–H and O–H groups in total. The van der Waals surface area contributed by atoms with Crippen molar-refractivity contribution in [2.45, 2.75) is 5.41 Å². The fraction of sp³-hybridized carbons (Fsp3) is 0.0169. The predicted molar refractivity (Wildman–Crippen MR) is 259 cm³/mol. The molecule has 0 spiro atoms. The van der Waals surface area contributed by atoms with Gasteiger partial charge in [0.1, 0.15) is 0 Å². The van der Waals surface area contributed by atoms with Crippen LogP contribution in [0.3, 0.4) is 0 Å². The highest BCUT2D eigenvalue weighted by Crippen LogP contribution is 2.56. The molecule has 62 heavy (non-hydrogen) atoms. The summed E-state index contributed by atoms with van der Waals surface area (Å²) in [5.74, 6) is 0.695. The summed E-state index contributed by atoms with van der Waals surface area (Å²) < 4.78 is 2.59. The molecule has 2 nitrogen and oxygen atoms in total. The largest absolute Gasteiger partial charge is 0.228 e. The van der Waals surface area contributed by atoms with Crippen molar-refractivity contribution in [3.8, 4) is 67.3 Å². The molecule has 11 aromatic rings. The molecule has 0 fully saturated rings. The van der Waals surface area contributed by atoms with Crippen LogP contribution in [0.4, 0.5) is 0 Å². The Labute approximate surface area is 365 Å². The third-order valence-corrected chi connectivity index (χ3v) is 13.8. The van der Waals surface area contributed by atoms with Crippen molar-refractivity contribution in [3.63, 3.8) is 0 Å². The Hall–Kier alpha value is -7.72. The van der Waals surface area contributed by atoms with Crippen molar-refractivity contribution in [1.29, 1.82) is 0 Å². The van der Waals surface area contributed by atoms with Gasteiger partial charge >= 0.3 is 0 Å². The van der Waals surface area contributed by atoms with Gasteiger partial charge in [-0.3, -0.25) is 0 Å². The Balaban J connectivity index is 1.08. The van der Waals surface area contributed by atoms with E-state index in [0.717, 1.165) is 44.8 Å². The third kappa shape index (κ3) is 5.85. The van der Waals surface area contributed by atoms with Crippen LogP contribution in [0.25, 0.3) is 87.5 Å². The molecule has 9 aromatic carbocycles. The maximum Gasteiger partial charge on any atom is 0.160 e. The average molecular weight is 807 g/mol. The van der Waals surface area contributed by atoms with Crippen LogP contribution in [-0.2, 0) is 5.41 Å². The first-order valence-corrected chi connectivity index (χ1v) is 22.0. The lowest BCUT2D eigenvalue weighted by Crippen LogP contribution is -2.28. The highest BCUT2D eigenvalue weighted by atomic mass is 32.1. The number of rotatable bonds is 7. The van der Waals surface area contributed by atoms with Gasteiger partial charge in [0.25, 0.3) is 0 Å². The topological polar surface area (TPSA) is 25.8 Å². The van der Waals surface area contributed by atoms with Crippen LogP contribution >= 0.6 is 11.3 Å². The minimum atomic E-state index is -0.468. The summed E-state index contributed by atoms with van der Waals surface area (Å²) in [5, 5.41) is 2.58. The molecule has 0 saturated heterocycles. The fourth-order valence-electron chi connectivity index (χ4n) is 9.77. The van der Waals surface area contributed by atoms with Crippen molar-refractivity contribution in [3.05, 3.63) is 253 Å². The first kappa shape index (κ1) is 36.2. The number of aromatic nitrogens is 2. The van der Waals surface area contributed by atoms with E-state index in [1.54, 1.807) is 0 Å². The lowest BCUT2D eigenvalue weighted by molar-refractivity contribution is 0.768. The summed E-state index contributed by atoms with van der Waals surface area (Å²) in [4.78, 5) is 10.7. The summed E-state index contributed by atoms with van der Waals surface area (Å²) in [6.07, 6.45) is 0. The van der Waals surface area contributed by atoms with E-state index in [4.69, 9.17) is 9.97 Å². The third-order valence-electron chi connectivity index (χ3n) is 12.6. The molecular weight excluding hydrogens is 769 g/mol. The molecule has 0 radical (unpaired) electrons. The molecule has 0 saturated carbocycles. The summed E-state index contributed by atoms with van der Waals surface area (Å²) in [6, 6.07) is 83.4. The minimum Gasteiger partial charge on any atom is -0.228 e. The average Bonchev–Trinajstić information content (AvgIpc) is 3.89. The Morgan fingerprint density at radius 2 is 0.871 bits per heavy atom. The summed E-state index contributed by atoms with van der Waals surface area (Å²) >= 11 is 1.86. The van der Waals surface area contributed by atoms with E-state index < -0.39 is 5.41 Å². The fourth-order valence-corrected chi connectivity index (χ4v) is 11.0. The molecule has 2 heterocycles. The molecule has 3 heteroatoms. The lowest BCUT2D eigenvalue weighted by Gasteiger charge is -2.33. The van der Waals surface area contributed by atoms with Gasteiger partial charge in [-0.1, -0.05) is 194 Å². The monoisotopic (exact) mass is 806 g/mol. The summed E-state index contributed by atoms with van der Waals surface area (Å²) in [5.41, 5.74) is 16.6. The molecule has 290 valence electrons. The highest BCUT2D eigenvalue weighted by Gasteiger charge is 2.46. The van der Waals surface area contributed by atoms with Gasteiger partial charge in [0.2, 0.25) is 0 Å². The molecule has 12 rings (SSSR count). The molecule has 0 aliphatic heterocycles. The Bertz CT molecular complexity index is 3410. The van der Waals surface area contributed by atoms with Gasteiger partial charge in [-0.25, -0.2) is 9.97 Å². The molecule has 0 bridgehead atoms. The van der Waals surface area contributed by atoms with Crippen LogP contribution in [0.5, 0.6) is 0 Å². The second-order valence-corrected chi connectivity index (χ2v) is 17.1. The first-order valence-electron chi connectivity index (χ1n) is 21.1. The molecular formula is C59H38N2S. The zero-order valence-electron chi connectivity index (χ0n) is 33.7. The maximum atomic E-state index is 5.37. The Kier molecular flexibility index (Phi) is 8.62. The second kappa shape index (κ2) is 14.8. The van der Waals surface area contributed by atoms with Crippen LogP contribution < -0.4 is 0 Å². The summed E-state index contributed by atoms with van der Waals surface area (Å²) in [7, 11) is 0. The minimum absolute atomic E-state index is 0.468. The van der Waals surface area contributed by atoms with Gasteiger partial charge in [-0.2, -0.15) is 0 Å². The van der Waals surface area contributed by atoms with E-state index in [-0.39, 0.29) is 0 Å². The van der Waals surface area contributed by atoms with Gasteiger partial charge in [0.05, 0.1) is 16.8 Å². The van der Waals surface area contributed by atoms with Crippen molar-refractivity contribution in [1.82, 2.24) is 9.97 Å². The molecule has 0 amide bonds. The van der Waals surface area contributed by atoms with Gasteiger partial charge < -0.3 is 0 Å². The van der Waals surface area contributed by atoms with E-state index in [2.05, 4.69) is 224 Å². The number of fused-ring (bicyclic) bond motifs is 6. The predicted octanol–water partition coefficient (Wildman–Crippen LogP) is 15.5. The number of hydrogen-bond acceptors (Lipinski definition) is 3. The zero-order valence-corrected chi connectivity index (χ0v) is 34.6. The quantitative estimate of drug-likeness (QED) is 0.160. The molecule has 2 aromatic heterocycles. The van der Waals surface area contributed by atoms with E-state index in [1.807, 2.05) is 17.4 Å². The SMILES string of the molecule is c1ccc(-c2cc(-c3cc(-c4ccc5c(c4)-c4ccccc4C5(c4ccccc4)c4ccccc4)nc(-c4ccccc4)n3)cc(-c3cccc4c3sc3ccccc34)c2)cc1. The molecule has 0 unspecified atom stereocenters. The maximum absolute atomic E-state index is 5.37. The normalized spacial score (nSPS) is 12.6. The summed E-state index contributed by atoms with van der Waals surface area (Å²) in [6.45, 7) is 0. The Morgan fingerprint density at radius 3 is 1.61 bits per heavy atom. The van der Waals surface area contributed by atoms with E-state index in [1.165, 1.54) is 59.1 Å². The molecule has 1 aliphatic carbocycles. The van der Waals surface area contributed by atoms with Gasteiger partial charge in [0, 0.05) is 36.9 Å². The zero-order chi connectivity index (χ0) is 41.0. The Morgan fingerprint density at radius 1 is 0.323 bits per heavy atom. The van der Waals surface area contributed by atoms with Crippen molar-refractivity contribution >= 4 is 31.5 Å². The second-order valence-electron chi connectivity index (χ2n) is 16.1. The van der Waals surface area contributed by atoms with E-state index >= 15 is 0 Å². The van der Waals surface area contributed by atoms with Crippen molar-refractivity contribution < 1.29 is 0 Å². The number of benzene rings is 9. The lowest BCUT2D eigenvalue weighted by atomic mass is 9.67. The van der Waals surface area contributed by atoms with Crippen LogP contribution in [0.2, 0.25) is 0 Å². The van der Waals surface area contributed by atoms with Crippen molar-refractivity contribution in [2.24, 2.45) is 0 Å². The van der Waals surface area contributed by atoms with Gasteiger partial charge in [0.15, 0.2) is 5.82 Å². The number of nitrogens with zero attached hydrogens (tertiary/aromatic N) is 2. The van der Waals surface area contributed by atoms with E-state index in [0.29, 0.717) is 5.82 Å². The van der Waals surface area contributed by atoms with Crippen molar-refractivity contribution in [2.75, 3.05) is 0 Å². The van der Waals surface area contributed by atoms with Crippen LogP contribution in [0.1, 0.15) is 22.3 Å². The molecule has 0 atom stereocenters. The van der Waals surface area contributed by atoms with Gasteiger partial charge in [-0.15, -0.1) is 11.3 Å². The van der Waals surface area contributed by atoms with E-state index in [9.17, 15) is 0 Å². The highest BCUT2D eigenvalue weighted by molar-refractivity contribution is 7.26. The standard InChI is InChI=1S/C59H38N2S/c1-5-18-39(19-6-1)42-34-43(47-28-17-29-50-49-27-14-16-31-56(49)62-57(47)50)36-44(35-42)55-38-54(60-58(61-55)40-20-7-2-8-21-40)41-32-33-53-51(37-41)48-26-13-15-30-52(48)59(53,45-22-9-3-10-23-45)46-24-11-4-12-25-46/h1-38H. The first-order chi connectivity index (χ1) is 30.7. The smallest absolute Gasteiger partial charge is 0.160 e. The molecule has 1 aliphatic rings. The van der Waals surface area contributed by atoms with Crippen LogP contribution in [0, 0.1) is 0 Å². The number of hydrogen-bond donors (Lipinski definition) is 0. The number of thiophene rings is 1.